The standard InChI is InChI=1S/C15H21ClN2O2S/c1-14(2,3)10-15(4,5)18-21(19,20)13-8-11(9-17)6-7-12(13)16/h6-8,18H,10H2,1-5H3. The molecule has 6 heteroatoms. The molecule has 1 aromatic carbocycles. The third-order valence-corrected chi connectivity index (χ3v) is 4.91. The molecular formula is C15H21ClN2O2S. The quantitative estimate of drug-likeness (QED) is 0.916. The van der Waals surface area contributed by atoms with Crippen molar-refractivity contribution in [3.8, 4) is 6.07 Å². The van der Waals surface area contributed by atoms with E-state index in [9.17, 15) is 8.42 Å². The average Bonchev–Trinajstić information content (AvgIpc) is 2.24. The Morgan fingerprint density at radius 3 is 2.29 bits per heavy atom. The van der Waals surface area contributed by atoms with Crippen LogP contribution in [0.4, 0.5) is 0 Å². The number of nitrogens with one attached hydrogen (secondary N) is 1. The molecule has 4 nitrogen and oxygen atoms in total. The second-order valence-electron chi connectivity index (χ2n) is 6.98. The number of hydrogen-bond acceptors (Lipinski definition) is 3. The van der Waals surface area contributed by atoms with Crippen LogP contribution in [0.5, 0.6) is 0 Å². The van der Waals surface area contributed by atoms with Gasteiger partial charge in [-0.3, -0.25) is 0 Å². The summed E-state index contributed by atoms with van der Waals surface area (Å²) >= 11 is 5.97. The maximum absolute atomic E-state index is 12.5. The number of rotatable bonds is 4. The lowest BCUT2D eigenvalue weighted by atomic mass is 9.82. The van der Waals surface area contributed by atoms with Gasteiger partial charge in [-0.2, -0.15) is 5.26 Å². The monoisotopic (exact) mass is 328 g/mol. The van der Waals surface area contributed by atoms with E-state index < -0.39 is 15.6 Å². The van der Waals surface area contributed by atoms with Gasteiger partial charge >= 0.3 is 0 Å². The van der Waals surface area contributed by atoms with Crippen molar-refractivity contribution in [1.29, 1.82) is 5.26 Å². The largest absolute Gasteiger partial charge is 0.242 e. The minimum absolute atomic E-state index is 0.0235. The molecule has 1 rings (SSSR count). The molecule has 1 N–H and O–H groups in total. The molecule has 0 spiro atoms. The van der Waals surface area contributed by atoms with Gasteiger partial charge in [-0.25, -0.2) is 13.1 Å². The van der Waals surface area contributed by atoms with E-state index in [4.69, 9.17) is 16.9 Å². The van der Waals surface area contributed by atoms with Crippen LogP contribution < -0.4 is 4.72 Å². The zero-order valence-electron chi connectivity index (χ0n) is 13.0. The van der Waals surface area contributed by atoms with Gasteiger partial charge < -0.3 is 0 Å². The maximum Gasteiger partial charge on any atom is 0.242 e. The first-order chi connectivity index (χ1) is 9.36. The fraction of sp³-hybridized carbons (Fsp3) is 0.533. The zero-order chi connectivity index (χ0) is 16.5. The van der Waals surface area contributed by atoms with Crippen LogP contribution in [0, 0.1) is 16.7 Å². The van der Waals surface area contributed by atoms with E-state index in [0.717, 1.165) is 0 Å². The molecule has 0 amide bonds. The predicted octanol–water partition coefficient (Wildman–Crippen LogP) is 3.70. The summed E-state index contributed by atoms with van der Waals surface area (Å²) in [6, 6.07) is 6.12. The molecule has 21 heavy (non-hydrogen) atoms. The summed E-state index contributed by atoms with van der Waals surface area (Å²) in [5.41, 5.74) is -0.388. The molecule has 0 aromatic heterocycles. The second-order valence-corrected chi connectivity index (χ2v) is 9.04. The minimum atomic E-state index is -3.79. The molecule has 0 saturated carbocycles. The summed E-state index contributed by atoms with van der Waals surface area (Å²) in [6.45, 7) is 9.81. The molecule has 0 aliphatic rings. The lowest BCUT2D eigenvalue weighted by Gasteiger charge is -2.33. The van der Waals surface area contributed by atoms with Crippen molar-refractivity contribution < 1.29 is 8.42 Å². The number of sulfonamides is 1. The molecule has 0 unspecified atom stereocenters. The molecule has 1 aromatic rings. The van der Waals surface area contributed by atoms with E-state index in [0.29, 0.717) is 6.42 Å². The van der Waals surface area contributed by atoms with Gasteiger partial charge in [0.2, 0.25) is 10.0 Å². The van der Waals surface area contributed by atoms with Gasteiger partial charge in [0.25, 0.3) is 0 Å². The van der Waals surface area contributed by atoms with Crippen LogP contribution in [0.1, 0.15) is 46.6 Å². The van der Waals surface area contributed by atoms with Crippen LogP contribution in [-0.4, -0.2) is 14.0 Å². The number of nitrogens with zero attached hydrogens (tertiary/aromatic N) is 1. The van der Waals surface area contributed by atoms with Crippen LogP contribution in [-0.2, 0) is 10.0 Å². The Bertz CT molecular complexity index is 668. The fourth-order valence-corrected chi connectivity index (χ4v) is 4.50. The van der Waals surface area contributed by atoms with Crippen molar-refractivity contribution in [2.45, 2.75) is 51.5 Å². The topological polar surface area (TPSA) is 70.0 Å². The number of hydrogen-bond donors (Lipinski definition) is 1. The zero-order valence-corrected chi connectivity index (χ0v) is 14.6. The van der Waals surface area contributed by atoms with E-state index in [1.165, 1.54) is 18.2 Å². The maximum atomic E-state index is 12.5. The van der Waals surface area contributed by atoms with E-state index in [-0.39, 0.29) is 20.9 Å². The predicted molar refractivity (Wildman–Crippen MR) is 84.6 cm³/mol. The number of nitriles is 1. The lowest BCUT2D eigenvalue weighted by molar-refractivity contribution is 0.269. The Labute approximate surface area is 132 Å². The third-order valence-electron chi connectivity index (χ3n) is 2.73. The normalized spacial score (nSPS) is 13.0. The summed E-state index contributed by atoms with van der Waals surface area (Å²) in [7, 11) is -3.79. The highest BCUT2D eigenvalue weighted by atomic mass is 35.5. The molecule has 0 aliphatic carbocycles. The Morgan fingerprint density at radius 1 is 1.24 bits per heavy atom. The van der Waals surface area contributed by atoms with Crippen LogP contribution in [0.25, 0.3) is 0 Å². The first-order valence-electron chi connectivity index (χ1n) is 6.60. The van der Waals surface area contributed by atoms with Crippen molar-refractivity contribution in [2.24, 2.45) is 5.41 Å². The number of halogens is 1. The molecule has 0 aliphatic heterocycles. The van der Waals surface area contributed by atoms with Crippen molar-refractivity contribution in [1.82, 2.24) is 4.72 Å². The summed E-state index contributed by atoms with van der Waals surface area (Å²) in [6.07, 6.45) is 0.661. The Hall–Kier alpha value is -1.09. The Balaban J connectivity index is 3.16. The van der Waals surface area contributed by atoms with E-state index in [2.05, 4.69) is 4.72 Å². The summed E-state index contributed by atoms with van der Waals surface area (Å²) < 4.78 is 27.7. The first kappa shape index (κ1) is 18.0. The third kappa shape index (κ3) is 5.31. The molecule has 0 fully saturated rings. The molecular weight excluding hydrogens is 308 g/mol. The Kier molecular flexibility index (Phi) is 5.09. The molecule has 0 saturated heterocycles. The summed E-state index contributed by atoms with van der Waals surface area (Å²) in [5, 5.41) is 9.00. The second kappa shape index (κ2) is 5.96. The molecule has 116 valence electrons. The van der Waals surface area contributed by atoms with Crippen LogP contribution in [0.15, 0.2) is 23.1 Å². The number of benzene rings is 1. The van der Waals surface area contributed by atoms with Crippen LogP contribution in [0.2, 0.25) is 5.02 Å². The van der Waals surface area contributed by atoms with Crippen LogP contribution in [0.3, 0.4) is 0 Å². The van der Waals surface area contributed by atoms with Gasteiger partial charge in [0, 0.05) is 5.54 Å². The highest BCUT2D eigenvalue weighted by Crippen LogP contribution is 2.29. The van der Waals surface area contributed by atoms with Gasteiger partial charge in [0.05, 0.1) is 16.7 Å². The van der Waals surface area contributed by atoms with E-state index >= 15 is 0 Å². The summed E-state index contributed by atoms with van der Waals surface area (Å²) in [4.78, 5) is -0.0646. The smallest absolute Gasteiger partial charge is 0.207 e. The van der Waals surface area contributed by atoms with E-state index in [1.54, 1.807) is 0 Å². The fourth-order valence-electron chi connectivity index (χ4n) is 2.56. The first-order valence-corrected chi connectivity index (χ1v) is 8.46. The Morgan fingerprint density at radius 2 is 1.81 bits per heavy atom. The van der Waals surface area contributed by atoms with Crippen molar-refractivity contribution >= 4 is 21.6 Å². The van der Waals surface area contributed by atoms with Crippen molar-refractivity contribution in [3.05, 3.63) is 28.8 Å². The highest BCUT2D eigenvalue weighted by Gasteiger charge is 2.31. The van der Waals surface area contributed by atoms with Crippen LogP contribution >= 0.6 is 11.6 Å². The van der Waals surface area contributed by atoms with Gasteiger partial charge in [-0.15, -0.1) is 0 Å². The van der Waals surface area contributed by atoms with Gasteiger partial charge in [0.15, 0.2) is 0 Å². The molecule has 0 bridgehead atoms. The van der Waals surface area contributed by atoms with Gasteiger partial charge in [-0.1, -0.05) is 32.4 Å². The SMILES string of the molecule is CC(C)(C)CC(C)(C)NS(=O)(=O)c1cc(C#N)ccc1Cl. The van der Waals surface area contributed by atoms with Crippen molar-refractivity contribution in [3.63, 3.8) is 0 Å². The lowest BCUT2D eigenvalue weighted by Crippen LogP contribution is -2.45. The average molecular weight is 329 g/mol. The summed E-state index contributed by atoms with van der Waals surface area (Å²) in [5.74, 6) is 0. The highest BCUT2D eigenvalue weighted by molar-refractivity contribution is 7.89. The van der Waals surface area contributed by atoms with Gasteiger partial charge in [-0.05, 0) is 43.9 Å². The minimum Gasteiger partial charge on any atom is -0.207 e. The van der Waals surface area contributed by atoms with E-state index in [1.807, 2.05) is 40.7 Å². The molecule has 0 heterocycles. The molecule has 0 radical (unpaired) electrons. The molecule has 0 atom stereocenters. The van der Waals surface area contributed by atoms with Crippen molar-refractivity contribution in [2.75, 3.05) is 0 Å². The van der Waals surface area contributed by atoms with Gasteiger partial charge in [0.1, 0.15) is 4.90 Å².